The Kier molecular flexibility index (Phi) is 5.78. The van der Waals surface area contributed by atoms with Crippen LogP contribution < -0.4 is 10.1 Å². The van der Waals surface area contributed by atoms with Crippen molar-refractivity contribution in [3.05, 3.63) is 52.7 Å². The highest BCUT2D eigenvalue weighted by Crippen LogP contribution is 2.09. The molecule has 0 aliphatic heterocycles. The van der Waals surface area contributed by atoms with Gasteiger partial charge in [0, 0.05) is 0 Å². The number of hydrogen-bond acceptors (Lipinski definition) is 5. The first kappa shape index (κ1) is 15.1. The van der Waals surface area contributed by atoms with Gasteiger partial charge in [-0.15, -0.1) is 11.3 Å². The van der Waals surface area contributed by atoms with Crippen molar-refractivity contribution in [1.29, 1.82) is 0 Å². The van der Waals surface area contributed by atoms with Crippen molar-refractivity contribution < 1.29 is 19.1 Å². The molecule has 0 saturated carbocycles. The number of hydrogen-bond donors (Lipinski definition) is 1. The van der Waals surface area contributed by atoms with Crippen LogP contribution in [0, 0.1) is 0 Å². The Morgan fingerprint density at radius 2 is 1.90 bits per heavy atom. The molecule has 5 nitrogen and oxygen atoms in total. The van der Waals surface area contributed by atoms with E-state index in [9.17, 15) is 9.59 Å². The van der Waals surface area contributed by atoms with Crippen LogP contribution in [-0.4, -0.2) is 31.6 Å². The normalized spacial score (nSPS) is 9.90. The molecular formula is C15H15NO4S. The number of esters is 1. The quantitative estimate of drug-likeness (QED) is 0.628. The van der Waals surface area contributed by atoms with Crippen LogP contribution in [-0.2, 0) is 9.53 Å². The van der Waals surface area contributed by atoms with Crippen molar-refractivity contribution in [2.75, 3.05) is 19.8 Å². The lowest BCUT2D eigenvalue weighted by molar-refractivity contribution is -0.124. The molecular weight excluding hydrogens is 290 g/mol. The van der Waals surface area contributed by atoms with Crippen LogP contribution in [0.3, 0.4) is 0 Å². The van der Waals surface area contributed by atoms with Crippen LogP contribution in [0.15, 0.2) is 47.8 Å². The van der Waals surface area contributed by atoms with E-state index in [1.807, 2.05) is 30.3 Å². The molecule has 110 valence electrons. The summed E-state index contributed by atoms with van der Waals surface area (Å²) in [6, 6.07) is 12.7. The highest BCUT2D eigenvalue weighted by molar-refractivity contribution is 7.11. The summed E-state index contributed by atoms with van der Waals surface area (Å²) in [6.45, 7) is 0.418. The average molecular weight is 305 g/mol. The number of carbonyl (C=O) groups excluding carboxylic acids is 2. The highest BCUT2D eigenvalue weighted by atomic mass is 32.1. The lowest BCUT2D eigenvalue weighted by atomic mass is 10.3. The summed E-state index contributed by atoms with van der Waals surface area (Å²) < 4.78 is 10.3. The minimum absolute atomic E-state index is 0.290. The maximum absolute atomic E-state index is 11.5. The molecule has 1 heterocycles. The second-order valence-electron chi connectivity index (χ2n) is 4.06. The van der Waals surface area contributed by atoms with E-state index < -0.39 is 5.97 Å². The Labute approximate surface area is 126 Å². The van der Waals surface area contributed by atoms with Crippen molar-refractivity contribution in [3.63, 3.8) is 0 Å². The van der Waals surface area contributed by atoms with Crippen molar-refractivity contribution in [3.8, 4) is 5.75 Å². The summed E-state index contributed by atoms with van der Waals surface area (Å²) in [7, 11) is 0. The first-order valence-corrected chi connectivity index (χ1v) is 7.29. The van der Waals surface area contributed by atoms with Crippen LogP contribution in [0.1, 0.15) is 9.67 Å². The number of benzene rings is 1. The van der Waals surface area contributed by atoms with Gasteiger partial charge in [-0.05, 0) is 23.6 Å². The number of carbonyl (C=O) groups is 2. The van der Waals surface area contributed by atoms with Gasteiger partial charge in [0.15, 0.2) is 6.61 Å². The lowest BCUT2D eigenvalue weighted by Gasteiger charge is -2.07. The molecule has 6 heteroatoms. The Morgan fingerprint density at radius 1 is 1.10 bits per heavy atom. The molecule has 1 N–H and O–H groups in total. The minimum atomic E-state index is -0.485. The maximum atomic E-state index is 11.5. The Morgan fingerprint density at radius 3 is 2.62 bits per heavy atom. The van der Waals surface area contributed by atoms with E-state index in [2.05, 4.69) is 5.32 Å². The van der Waals surface area contributed by atoms with Gasteiger partial charge in [-0.3, -0.25) is 4.79 Å². The molecule has 0 fully saturated rings. The molecule has 1 amide bonds. The van der Waals surface area contributed by atoms with E-state index in [-0.39, 0.29) is 12.5 Å². The minimum Gasteiger partial charge on any atom is -0.492 e. The van der Waals surface area contributed by atoms with Gasteiger partial charge in [0.2, 0.25) is 0 Å². The maximum Gasteiger partial charge on any atom is 0.348 e. The Balaban J connectivity index is 1.59. The predicted molar refractivity (Wildman–Crippen MR) is 79.5 cm³/mol. The van der Waals surface area contributed by atoms with Gasteiger partial charge < -0.3 is 14.8 Å². The summed E-state index contributed by atoms with van der Waals surface area (Å²) in [5, 5.41) is 4.39. The summed E-state index contributed by atoms with van der Waals surface area (Å²) >= 11 is 1.28. The van der Waals surface area contributed by atoms with E-state index >= 15 is 0 Å². The second-order valence-corrected chi connectivity index (χ2v) is 5.01. The van der Waals surface area contributed by atoms with Crippen LogP contribution in [0.4, 0.5) is 0 Å². The molecule has 0 aliphatic carbocycles. The molecule has 0 spiro atoms. The summed E-state index contributed by atoms with van der Waals surface area (Å²) in [4.78, 5) is 23.5. The fourth-order valence-electron chi connectivity index (χ4n) is 1.52. The molecule has 1 aromatic heterocycles. The number of nitrogens with one attached hydrogen (secondary N) is 1. The van der Waals surface area contributed by atoms with E-state index in [4.69, 9.17) is 9.47 Å². The van der Waals surface area contributed by atoms with E-state index in [0.29, 0.717) is 18.0 Å². The first-order valence-electron chi connectivity index (χ1n) is 6.41. The molecule has 0 saturated heterocycles. The number of para-hydroxylation sites is 1. The van der Waals surface area contributed by atoms with E-state index in [1.54, 1.807) is 17.5 Å². The molecule has 21 heavy (non-hydrogen) atoms. The monoisotopic (exact) mass is 305 g/mol. The summed E-state index contributed by atoms with van der Waals surface area (Å²) in [6.07, 6.45) is 0. The van der Waals surface area contributed by atoms with Crippen LogP contribution >= 0.6 is 11.3 Å². The molecule has 0 radical (unpaired) electrons. The third-order valence-electron chi connectivity index (χ3n) is 2.49. The van der Waals surface area contributed by atoms with Gasteiger partial charge in [0.1, 0.15) is 17.2 Å². The zero-order valence-electron chi connectivity index (χ0n) is 11.3. The molecule has 0 aliphatic rings. The fourth-order valence-corrected chi connectivity index (χ4v) is 2.14. The van der Waals surface area contributed by atoms with Crippen molar-refractivity contribution in [2.45, 2.75) is 0 Å². The standard InChI is InChI=1S/C15H15NO4S/c17-14(11-20-15(18)13-7-4-10-21-13)16-8-9-19-12-5-2-1-3-6-12/h1-7,10H,8-9,11H2,(H,16,17). The van der Waals surface area contributed by atoms with Crippen LogP contribution in [0.2, 0.25) is 0 Å². The Hall–Kier alpha value is -2.34. The molecule has 0 unspecified atom stereocenters. The van der Waals surface area contributed by atoms with Gasteiger partial charge >= 0.3 is 5.97 Å². The summed E-state index contributed by atoms with van der Waals surface area (Å²) in [5.74, 6) is -0.0897. The highest BCUT2D eigenvalue weighted by Gasteiger charge is 2.10. The molecule has 2 rings (SSSR count). The van der Waals surface area contributed by atoms with Crippen molar-refractivity contribution in [2.24, 2.45) is 0 Å². The van der Waals surface area contributed by atoms with E-state index in [0.717, 1.165) is 5.75 Å². The molecule has 0 atom stereocenters. The number of thiophene rings is 1. The van der Waals surface area contributed by atoms with Crippen LogP contribution in [0.25, 0.3) is 0 Å². The smallest absolute Gasteiger partial charge is 0.348 e. The number of ether oxygens (including phenoxy) is 2. The predicted octanol–water partition coefficient (Wildman–Crippen LogP) is 2.10. The Bertz CT molecular complexity index is 569. The molecule has 1 aromatic carbocycles. The molecule has 0 bridgehead atoms. The third-order valence-corrected chi connectivity index (χ3v) is 3.34. The zero-order chi connectivity index (χ0) is 14.9. The zero-order valence-corrected chi connectivity index (χ0v) is 12.1. The fraction of sp³-hybridized carbons (Fsp3) is 0.200. The van der Waals surface area contributed by atoms with Gasteiger partial charge in [-0.25, -0.2) is 4.79 Å². The number of amides is 1. The van der Waals surface area contributed by atoms with Gasteiger partial charge in [-0.2, -0.15) is 0 Å². The van der Waals surface area contributed by atoms with Crippen LogP contribution in [0.5, 0.6) is 5.75 Å². The molecule has 2 aromatic rings. The van der Waals surface area contributed by atoms with Crippen molar-refractivity contribution in [1.82, 2.24) is 5.32 Å². The largest absolute Gasteiger partial charge is 0.492 e. The van der Waals surface area contributed by atoms with Gasteiger partial charge in [-0.1, -0.05) is 24.3 Å². The average Bonchev–Trinajstić information content (AvgIpc) is 3.05. The first-order chi connectivity index (χ1) is 10.3. The van der Waals surface area contributed by atoms with E-state index in [1.165, 1.54) is 11.3 Å². The SMILES string of the molecule is O=C(COC(=O)c1cccs1)NCCOc1ccccc1. The van der Waals surface area contributed by atoms with Gasteiger partial charge in [0.05, 0.1) is 6.54 Å². The number of rotatable bonds is 7. The third kappa shape index (κ3) is 5.27. The lowest BCUT2D eigenvalue weighted by Crippen LogP contribution is -2.32. The summed E-state index contributed by atoms with van der Waals surface area (Å²) in [5.41, 5.74) is 0. The second kappa shape index (κ2) is 8.06. The van der Waals surface area contributed by atoms with Crippen molar-refractivity contribution >= 4 is 23.2 Å². The topological polar surface area (TPSA) is 64.6 Å². The van der Waals surface area contributed by atoms with Gasteiger partial charge in [0.25, 0.3) is 5.91 Å².